The second kappa shape index (κ2) is 9.60. The van der Waals surface area contributed by atoms with Gasteiger partial charge < -0.3 is 20.7 Å². The van der Waals surface area contributed by atoms with Crippen LogP contribution in [0.2, 0.25) is 0 Å². The second-order valence-corrected chi connectivity index (χ2v) is 6.98. The number of aryl methyl sites for hydroxylation is 2. The van der Waals surface area contributed by atoms with E-state index in [0.29, 0.717) is 6.20 Å². The maximum Gasteiger partial charge on any atom is 0.421 e. The number of carbonyl (C=O) groups excluding carboxylic acids is 2. The van der Waals surface area contributed by atoms with E-state index in [1.807, 2.05) is 0 Å². The number of amides is 1. The zero-order chi connectivity index (χ0) is 25.0. The number of aromatic nitrogens is 4. The number of anilines is 5. The zero-order valence-electron chi connectivity index (χ0n) is 18.3. The number of nitrogens with zero attached hydrogens (tertiary/aromatic N) is 4. The van der Waals surface area contributed by atoms with Crippen LogP contribution in [0.15, 0.2) is 43.1 Å². The standard InChI is InChI=1S/C21H20F3N7O3/c1-5-17(32)26-14-8-11(2)6-7-13(14)27-18-12(21(22,23)24)10-25-20(29-18)28-16-9-15(19(33)34-4)30-31(16)3/h5-10H,1H2,2-4H3,(H,26,32)(H2,25,27,28,29). The number of benzene rings is 1. The Bertz CT molecular complexity index is 1250. The van der Waals surface area contributed by atoms with Crippen LogP contribution in [0, 0.1) is 6.92 Å². The molecule has 2 heterocycles. The summed E-state index contributed by atoms with van der Waals surface area (Å²) in [5.41, 5.74) is 0.0356. The molecule has 1 amide bonds. The maximum atomic E-state index is 13.6. The van der Waals surface area contributed by atoms with E-state index >= 15 is 0 Å². The van der Waals surface area contributed by atoms with Crippen LogP contribution in [-0.4, -0.2) is 38.7 Å². The number of carbonyl (C=O) groups is 2. The SMILES string of the molecule is C=CC(=O)Nc1cc(C)ccc1Nc1nc(Nc2cc(C(=O)OC)nn2C)ncc1C(F)(F)F. The highest BCUT2D eigenvalue weighted by atomic mass is 19.4. The first-order valence-corrected chi connectivity index (χ1v) is 9.66. The molecule has 0 saturated carbocycles. The molecule has 0 spiro atoms. The molecule has 0 aliphatic carbocycles. The van der Waals surface area contributed by atoms with Gasteiger partial charge in [-0.25, -0.2) is 9.78 Å². The third-order valence-corrected chi connectivity index (χ3v) is 4.48. The molecule has 0 atom stereocenters. The number of esters is 1. The van der Waals surface area contributed by atoms with E-state index < -0.39 is 29.4 Å². The number of methoxy groups -OCH3 is 1. The molecule has 0 radical (unpaired) electrons. The van der Waals surface area contributed by atoms with Gasteiger partial charge in [-0.2, -0.15) is 23.3 Å². The fourth-order valence-electron chi connectivity index (χ4n) is 2.83. The molecule has 3 aromatic rings. The molecule has 34 heavy (non-hydrogen) atoms. The van der Waals surface area contributed by atoms with Crippen molar-refractivity contribution >= 4 is 40.8 Å². The molecule has 178 valence electrons. The first-order valence-electron chi connectivity index (χ1n) is 9.66. The average molecular weight is 475 g/mol. The maximum absolute atomic E-state index is 13.6. The normalized spacial score (nSPS) is 11.0. The molecule has 0 saturated heterocycles. The molecule has 3 rings (SSSR count). The summed E-state index contributed by atoms with van der Waals surface area (Å²) in [5.74, 6) is -1.74. The van der Waals surface area contributed by atoms with Gasteiger partial charge in [-0.3, -0.25) is 9.48 Å². The monoisotopic (exact) mass is 475 g/mol. The van der Waals surface area contributed by atoms with Gasteiger partial charge in [-0.1, -0.05) is 12.6 Å². The van der Waals surface area contributed by atoms with Crippen molar-refractivity contribution in [3.63, 3.8) is 0 Å². The van der Waals surface area contributed by atoms with Gasteiger partial charge in [0.1, 0.15) is 17.2 Å². The number of rotatable bonds is 7. The molecule has 0 bridgehead atoms. The quantitative estimate of drug-likeness (QED) is 0.347. The molecule has 1 aromatic carbocycles. The molecule has 0 unspecified atom stereocenters. The topological polar surface area (TPSA) is 123 Å². The van der Waals surface area contributed by atoms with E-state index in [1.54, 1.807) is 19.1 Å². The van der Waals surface area contributed by atoms with Crippen molar-refractivity contribution in [1.29, 1.82) is 0 Å². The third kappa shape index (κ3) is 5.49. The summed E-state index contributed by atoms with van der Waals surface area (Å²) in [6.07, 6.45) is -3.11. The Labute approximate surface area is 191 Å². The smallest absolute Gasteiger partial charge is 0.421 e. The molecule has 0 aliphatic heterocycles. The molecule has 2 aromatic heterocycles. The molecule has 0 aliphatic rings. The predicted molar refractivity (Wildman–Crippen MR) is 118 cm³/mol. The van der Waals surface area contributed by atoms with Crippen molar-refractivity contribution in [3.05, 3.63) is 59.9 Å². The summed E-state index contributed by atoms with van der Waals surface area (Å²) in [4.78, 5) is 31.1. The van der Waals surface area contributed by atoms with Gasteiger partial charge in [-0.05, 0) is 30.7 Å². The van der Waals surface area contributed by atoms with E-state index in [-0.39, 0.29) is 28.8 Å². The van der Waals surface area contributed by atoms with Crippen molar-refractivity contribution < 1.29 is 27.5 Å². The minimum Gasteiger partial charge on any atom is -0.464 e. The van der Waals surface area contributed by atoms with Crippen LogP contribution >= 0.6 is 0 Å². The molecule has 0 fully saturated rings. The minimum atomic E-state index is -4.76. The summed E-state index contributed by atoms with van der Waals surface area (Å²) in [5, 5.41) is 11.8. The van der Waals surface area contributed by atoms with Gasteiger partial charge in [0, 0.05) is 19.3 Å². The van der Waals surface area contributed by atoms with Gasteiger partial charge in [0.25, 0.3) is 0 Å². The van der Waals surface area contributed by atoms with Crippen molar-refractivity contribution in [2.45, 2.75) is 13.1 Å². The number of alkyl halides is 3. The summed E-state index contributed by atoms with van der Waals surface area (Å²) in [6.45, 7) is 5.13. The lowest BCUT2D eigenvalue weighted by Gasteiger charge is -2.17. The number of hydrogen-bond acceptors (Lipinski definition) is 8. The fraction of sp³-hybridized carbons (Fsp3) is 0.190. The highest BCUT2D eigenvalue weighted by Gasteiger charge is 2.35. The molecular formula is C21H20F3N7O3. The van der Waals surface area contributed by atoms with Crippen LogP contribution in [0.25, 0.3) is 0 Å². The Kier molecular flexibility index (Phi) is 6.84. The van der Waals surface area contributed by atoms with Crippen LogP contribution in [-0.2, 0) is 22.8 Å². The van der Waals surface area contributed by atoms with Crippen LogP contribution in [0.1, 0.15) is 21.6 Å². The van der Waals surface area contributed by atoms with E-state index in [1.165, 1.54) is 31.0 Å². The van der Waals surface area contributed by atoms with Crippen LogP contribution in [0.3, 0.4) is 0 Å². The summed E-state index contributed by atoms with van der Waals surface area (Å²) < 4.78 is 46.8. The Balaban J connectivity index is 2.00. The van der Waals surface area contributed by atoms with Crippen molar-refractivity contribution in [2.75, 3.05) is 23.1 Å². The molecular weight excluding hydrogens is 455 g/mol. The van der Waals surface area contributed by atoms with Gasteiger partial charge in [0.05, 0.1) is 18.5 Å². The van der Waals surface area contributed by atoms with E-state index in [4.69, 9.17) is 0 Å². The summed E-state index contributed by atoms with van der Waals surface area (Å²) in [6, 6.07) is 6.08. The Hall–Kier alpha value is -4.42. The highest BCUT2D eigenvalue weighted by Crippen LogP contribution is 2.36. The minimum absolute atomic E-state index is 0.0139. The Morgan fingerprint density at radius 2 is 1.91 bits per heavy atom. The van der Waals surface area contributed by atoms with Crippen LogP contribution in [0.5, 0.6) is 0 Å². The summed E-state index contributed by atoms with van der Waals surface area (Å²) in [7, 11) is 2.71. The highest BCUT2D eigenvalue weighted by molar-refractivity contribution is 6.01. The third-order valence-electron chi connectivity index (χ3n) is 4.48. The van der Waals surface area contributed by atoms with Crippen LogP contribution in [0.4, 0.5) is 42.1 Å². The number of halogens is 3. The largest absolute Gasteiger partial charge is 0.464 e. The van der Waals surface area contributed by atoms with Crippen molar-refractivity contribution in [2.24, 2.45) is 7.05 Å². The zero-order valence-corrected chi connectivity index (χ0v) is 18.3. The Morgan fingerprint density at radius 1 is 1.18 bits per heavy atom. The average Bonchev–Trinajstić information content (AvgIpc) is 3.14. The lowest BCUT2D eigenvalue weighted by Crippen LogP contribution is -2.14. The van der Waals surface area contributed by atoms with Gasteiger partial charge >= 0.3 is 12.1 Å². The molecule has 10 nitrogen and oxygen atoms in total. The fourth-order valence-corrected chi connectivity index (χ4v) is 2.83. The van der Waals surface area contributed by atoms with Crippen molar-refractivity contribution in [3.8, 4) is 0 Å². The molecule has 13 heteroatoms. The first-order chi connectivity index (χ1) is 16.0. The van der Waals surface area contributed by atoms with E-state index in [2.05, 4.69) is 42.3 Å². The predicted octanol–water partition coefficient (Wildman–Crippen LogP) is 3.94. The van der Waals surface area contributed by atoms with Crippen LogP contribution < -0.4 is 16.0 Å². The summed E-state index contributed by atoms with van der Waals surface area (Å²) >= 11 is 0. The number of nitrogens with one attached hydrogen (secondary N) is 3. The lowest BCUT2D eigenvalue weighted by molar-refractivity contribution is -0.137. The van der Waals surface area contributed by atoms with Gasteiger partial charge in [0.15, 0.2) is 5.69 Å². The van der Waals surface area contributed by atoms with Crippen molar-refractivity contribution in [1.82, 2.24) is 19.7 Å². The first kappa shape index (κ1) is 24.2. The molecule has 3 N–H and O–H groups in total. The van der Waals surface area contributed by atoms with Gasteiger partial charge in [0.2, 0.25) is 11.9 Å². The number of ether oxygens (including phenoxy) is 1. The number of hydrogen-bond donors (Lipinski definition) is 3. The second-order valence-electron chi connectivity index (χ2n) is 6.98. The Morgan fingerprint density at radius 3 is 2.56 bits per heavy atom. The lowest BCUT2D eigenvalue weighted by atomic mass is 10.1. The van der Waals surface area contributed by atoms with E-state index in [0.717, 1.165) is 11.6 Å². The van der Waals surface area contributed by atoms with Gasteiger partial charge in [-0.15, -0.1) is 0 Å². The van der Waals surface area contributed by atoms with E-state index in [9.17, 15) is 22.8 Å².